The van der Waals surface area contributed by atoms with Gasteiger partial charge in [-0.2, -0.15) is 0 Å². The lowest BCUT2D eigenvalue weighted by atomic mass is 9.71. The van der Waals surface area contributed by atoms with Crippen LogP contribution in [0.5, 0.6) is 0 Å². The van der Waals surface area contributed by atoms with Gasteiger partial charge in [0.15, 0.2) is 0 Å². The average molecular weight is 164 g/mol. The van der Waals surface area contributed by atoms with Crippen molar-refractivity contribution in [1.29, 1.82) is 0 Å². The maximum atomic E-state index is 2.48. The predicted octanol–water partition coefficient (Wildman–Crippen LogP) is 3.63. The van der Waals surface area contributed by atoms with Gasteiger partial charge in [0, 0.05) is 0 Å². The summed E-state index contributed by atoms with van der Waals surface area (Å²) in [5.41, 5.74) is 0.472. The fourth-order valence-corrected chi connectivity index (χ4v) is 2.96. The van der Waals surface area contributed by atoms with Crippen LogP contribution in [0.15, 0.2) is 12.2 Å². The fourth-order valence-electron chi connectivity index (χ4n) is 2.96. The Labute approximate surface area is 76.1 Å². The van der Waals surface area contributed by atoms with Crippen LogP contribution in [0.2, 0.25) is 0 Å². The molecule has 0 spiro atoms. The lowest BCUT2D eigenvalue weighted by Crippen LogP contribution is -2.24. The number of fused-ring (bicyclic) bond motifs is 1. The number of allylic oxidation sites excluding steroid dienone is 2. The van der Waals surface area contributed by atoms with Gasteiger partial charge in [-0.1, -0.05) is 32.9 Å². The summed E-state index contributed by atoms with van der Waals surface area (Å²) in [5.74, 6) is 2.89. The van der Waals surface area contributed by atoms with E-state index in [2.05, 4.69) is 32.9 Å². The Balaban J connectivity index is 2.18. The van der Waals surface area contributed by atoms with Crippen molar-refractivity contribution in [2.45, 2.75) is 40.0 Å². The Hall–Kier alpha value is -0.260. The second kappa shape index (κ2) is 2.61. The molecule has 0 saturated heterocycles. The van der Waals surface area contributed by atoms with Gasteiger partial charge in [0.05, 0.1) is 0 Å². The van der Waals surface area contributed by atoms with Gasteiger partial charge in [-0.05, 0) is 42.4 Å². The average Bonchev–Trinajstić information content (AvgIpc) is 2.31. The van der Waals surface area contributed by atoms with Crippen LogP contribution in [-0.2, 0) is 0 Å². The third-order valence-corrected chi connectivity index (χ3v) is 3.79. The molecule has 0 aromatic rings. The molecule has 0 radical (unpaired) electrons. The van der Waals surface area contributed by atoms with E-state index >= 15 is 0 Å². The summed E-state index contributed by atoms with van der Waals surface area (Å²) < 4.78 is 0. The largest absolute Gasteiger partial charge is 0.0846 e. The van der Waals surface area contributed by atoms with Crippen molar-refractivity contribution in [2.24, 2.45) is 23.2 Å². The molecular formula is C12H20. The first kappa shape index (κ1) is 8.34. The third-order valence-electron chi connectivity index (χ3n) is 3.79. The molecule has 3 atom stereocenters. The van der Waals surface area contributed by atoms with Gasteiger partial charge in [0.2, 0.25) is 0 Å². The predicted molar refractivity (Wildman–Crippen MR) is 52.9 cm³/mol. The zero-order valence-corrected chi connectivity index (χ0v) is 8.51. The highest BCUT2D eigenvalue weighted by molar-refractivity contribution is 5.08. The monoisotopic (exact) mass is 164 g/mol. The minimum atomic E-state index is 0.472. The quantitative estimate of drug-likeness (QED) is 0.479. The van der Waals surface area contributed by atoms with Gasteiger partial charge >= 0.3 is 0 Å². The van der Waals surface area contributed by atoms with Crippen molar-refractivity contribution < 1.29 is 0 Å². The van der Waals surface area contributed by atoms with E-state index in [0.29, 0.717) is 5.41 Å². The first-order valence-corrected chi connectivity index (χ1v) is 5.28. The molecule has 1 fully saturated rings. The molecule has 0 amide bonds. The second-order valence-electron chi connectivity index (χ2n) is 5.43. The molecule has 0 bridgehead atoms. The number of hydrogen-bond donors (Lipinski definition) is 0. The lowest BCUT2D eigenvalue weighted by Gasteiger charge is -2.34. The number of hydrogen-bond acceptors (Lipinski definition) is 0. The van der Waals surface area contributed by atoms with Crippen molar-refractivity contribution in [3.63, 3.8) is 0 Å². The molecule has 2 aliphatic rings. The van der Waals surface area contributed by atoms with Crippen molar-refractivity contribution in [3.8, 4) is 0 Å². The molecule has 0 heteroatoms. The summed E-state index contributed by atoms with van der Waals surface area (Å²) in [6.45, 7) is 7.16. The van der Waals surface area contributed by atoms with E-state index in [1.165, 1.54) is 19.3 Å². The summed E-state index contributed by atoms with van der Waals surface area (Å²) >= 11 is 0. The fraction of sp³-hybridized carbons (Fsp3) is 0.833. The summed E-state index contributed by atoms with van der Waals surface area (Å²) in [6.07, 6.45) is 9.23. The van der Waals surface area contributed by atoms with E-state index < -0.39 is 0 Å². The number of rotatable bonds is 0. The maximum absolute atomic E-state index is 2.48. The van der Waals surface area contributed by atoms with Crippen molar-refractivity contribution in [2.75, 3.05) is 0 Å². The van der Waals surface area contributed by atoms with Gasteiger partial charge < -0.3 is 0 Å². The molecule has 12 heavy (non-hydrogen) atoms. The SMILES string of the molecule is C[C@H]1CC[C@@H]2C=CC(C)(C)C[C@H]12. The van der Waals surface area contributed by atoms with Crippen molar-refractivity contribution in [3.05, 3.63) is 12.2 Å². The first-order valence-electron chi connectivity index (χ1n) is 5.28. The molecule has 0 heterocycles. The molecule has 0 aromatic carbocycles. The smallest absolute Gasteiger partial charge is 0.0172 e. The van der Waals surface area contributed by atoms with Crippen LogP contribution in [0.3, 0.4) is 0 Å². The minimum Gasteiger partial charge on any atom is -0.0846 e. The van der Waals surface area contributed by atoms with Crippen LogP contribution in [0.4, 0.5) is 0 Å². The standard InChI is InChI=1S/C12H20/c1-9-4-5-10-6-7-12(2,3)8-11(9)10/h6-7,9-11H,4-5,8H2,1-3H3/t9-,10+,11+/m0/s1. The van der Waals surface area contributed by atoms with Gasteiger partial charge in [0.1, 0.15) is 0 Å². The molecule has 0 unspecified atom stereocenters. The van der Waals surface area contributed by atoms with E-state index in [-0.39, 0.29) is 0 Å². The topological polar surface area (TPSA) is 0 Å². The van der Waals surface area contributed by atoms with Crippen molar-refractivity contribution in [1.82, 2.24) is 0 Å². The first-order chi connectivity index (χ1) is 5.58. The van der Waals surface area contributed by atoms with E-state index in [9.17, 15) is 0 Å². The van der Waals surface area contributed by atoms with Crippen LogP contribution in [-0.4, -0.2) is 0 Å². The molecule has 2 rings (SSSR count). The molecular weight excluding hydrogens is 144 g/mol. The maximum Gasteiger partial charge on any atom is -0.0172 e. The Bertz CT molecular complexity index is 200. The van der Waals surface area contributed by atoms with E-state index in [0.717, 1.165) is 17.8 Å². The molecule has 1 saturated carbocycles. The highest BCUT2D eigenvalue weighted by Gasteiger charge is 2.37. The lowest BCUT2D eigenvalue weighted by molar-refractivity contribution is 0.238. The Morgan fingerprint density at radius 2 is 2.00 bits per heavy atom. The highest BCUT2D eigenvalue weighted by Crippen LogP contribution is 2.47. The van der Waals surface area contributed by atoms with Crippen LogP contribution in [0.1, 0.15) is 40.0 Å². The van der Waals surface area contributed by atoms with E-state index in [1.807, 2.05) is 0 Å². The third kappa shape index (κ3) is 1.32. The molecule has 0 N–H and O–H groups in total. The van der Waals surface area contributed by atoms with Gasteiger partial charge in [-0.15, -0.1) is 0 Å². The molecule has 0 nitrogen and oxygen atoms in total. The summed E-state index contributed by atoms with van der Waals surface area (Å²) in [7, 11) is 0. The summed E-state index contributed by atoms with van der Waals surface area (Å²) in [5, 5.41) is 0. The van der Waals surface area contributed by atoms with E-state index in [1.54, 1.807) is 0 Å². The van der Waals surface area contributed by atoms with E-state index in [4.69, 9.17) is 0 Å². The van der Waals surface area contributed by atoms with Gasteiger partial charge in [-0.3, -0.25) is 0 Å². The van der Waals surface area contributed by atoms with Gasteiger partial charge in [-0.25, -0.2) is 0 Å². The molecule has 2 aliphatic carbocycles. The van der Waals surface area contributed by atoms with Gasteiger partial charge in [0.25, 0.3) is 0 Å². The van der Waals surface area contributed by atoms with Crippen LogP contribution < -0.4 is 0 Å². The van der Waals surface area contributed by atoms with Crippen molar-refractivity contribution >= 4 is 0 Å². The molecule has 0 aromatic heterocycles. The molecule has 68 valence electrons. The normalized spacial score (nSPS) is 44.4. The minimum absolute atomic E-state index is 0.472. The second-order valence-corrected chi connectivity index (χ2v) is 5.43. The summed E-state index contributed by atoms with van der Waals surface area (Å²) in [6, 6.07) is 0. The van der Waals surface area contributed by atoms with Crippen LogP contribution >= 0.6 is 0 Å². The highest BCUT2D eigenvalue weighted by atomic mass is 14.4. The van der Waals surface area contributed by atoms with Crippen LogP contribution in [0, 0.1) is 23.2 Å². The Morgan fingerprint density at radius 1 is 1.25 bits per heavy atom. The Kier molecular flexibility index (Phi) is 1.82. The zero-order valence-electron chi connectivity index (χ0n) is 8.51. The van der Waals surface area contributed by atoms with Crippen LogP contribution in [0.25, 0.3) is 0 Å². The Morgan fingerprint density at radius 3 is 2.75 bits per heavy atom. The zero-order chi connectivity index (χ0) is 8.77. The molecule has 0 aliphatic heterocycles. The summed E-state index contributed by atoms with van der Waals surface area (Å²) in [4.78, 5) is 0.